The second-order valence-electron chi connectivity index (χ2n) is 12.6. The highest BCUT2D eigenvalue weighted by molar-refractivity contribution is 7.26. The molecule has 10 rings (SSSR count). The minimum absolute atomic E-state index is 1.14. The van der Waals surface area contributed by atoms with E-state index in [1.165, 1.54) is 79.1 Å². The smallest absolute Gasteiger partial charge is 0.0554 e. The van der Waals surface area contributed by atoms with Crippen molar-refractivity contribution in [1.29, 1.82) is 0 Å². The lowest BCUT2D eigenvalue weighted by atomic mass is 9.97. The van der Waals surface area contributed by atoms with Gasteiger partial charge in [-0.3, -0.25) is 0 Å². The van der Waals surface area contributed by atoms with E-state index in [9.17, 15) is 0 Å². The van der Waals surface area contributed by atoms with E-state index < -0.39 is 0 Å². The third-order valence-electron chi connectivity index (χ3n) is 9.65. The molecule has 0 radical (unpaired) electrons. The van der Waals surface area contributed by atoms with Crippen molar-refractivity contribution in [3.8, 4) is 22.3 Å². The van der Waals surface area contributed by atoms with E-state index in [4.69, 9.17) is 0 Å². The molecule has 0 bridgehead atoms. The maximum atomic E-state index is 2.45. The average Bonchev–Trinajstić information content (AvgIpc) is 3.74. The van der Waals surface area contributed by atoms with Gasteiger partial charge in [0.05, 0.1) is 5.69 Å². The van der Waals surface area contributed by atoms with Gasteiger partial charge in [0, 0.05) is 51.7 Å². The largest absolute Gasteiger partial charge is 0.310 e. The van der Waals surface area contributed by atoms with Gasteiger partial charge in [0.15, 0.2) is 0 Å². The Kier molecular flexibility index (Phi) is 6.61. The molecule has 0 aliphatic carbocycles. The highest BCUT2D eigenvalue weighted by atomic mass is 32.1. The molecule has 0 saturated heterocycles. The molecule has 49 heavy (non-hydrogen) atoms. The molecule has 230 valence electrons. The SMILES string of the molecule is c1cc(-c2ccc(N(c3ccc4c(c3)sc3ccccc34)c3cccc4sc5ccccc5c34)cc2)cc(-c2ccc3ccccc3c2)c1. The van der Waals surface area contributed by atoms with Gasteiger partial charge in [-0.2, -0.15) is 0 Å². The molecule has 0 atom stereocenters. The molecule has 1 nitrogen and oxygen atoms in total. The standard InChI is InChI=1S/C46H29NS2/c1-2-10-32-28-35(20-19-30(32)9-1)34-12-7-11-33(27-34)31-21-23-36(24-22-31)47(37-25-26-39-38-13-3-5-16-42(38)49-45(39)29-37)41-15-8-18-44-46(41)40-14-4-6-17-43(40)48-44/h1-29H. The summed E-state index contributed by atoms with van der Waals surface area (Å²) in [6.45, 7) is 0. The fraction of sp³-hybridized carbons (Fsp3) is 0. The predicted octanol–water partition coefficient (Wildman–Crippen LogP) is 14.4. The molecule has 0 amide bonds. The highest BCUT2D eigenvalue weighted by Gasteiger charge is 2.19. The van der Waals surface area contributed by atoms with Gasteiger partial charge in [-0.15, -0.1) is 22.7 Å². The third kappa shape index (κ3) is 4.82. The minimum atomic E-state index is 1.14. The van der Waals surface area contributed by atoms with Gasteiger partial charge in [-0.1, -0.05) is 115 Å². The van der Waals surface area contributed by atoms with Crippen LogP contribution in [-0.4, -0.2) is 0 Å². The van der Waals surface area contributed by atoms with E-state index in [1.54, 1.807) is 0 Å². The molecule has 8 aromatic carbocycles. The predicted molar refractivity (Wildman–Crippen MR) is 215 cm³/mol. The maximum Gasteiger partial charge on any atom is 0.0554 e. The van der Waals surface area contributed by atoms with Crippen LogP contribution in [0.15, 0.2) is 176 Å². The first kappa shape index (κ1) is 28.3. The Bertz CT molecular complexity index is 2840. The number of hydrogen-bond donors (Lipinski definition) is 0. The Hall–Kier alpha value is -5.74. The Morgan fingerprint density at radius 2 is 0.918 bits per heavy atom. The number of fused-ring (bicyclic) bond motifs is 7. The summed E-state index contributed by atoms with van der Waals surface area (Å²) in [5.74, 6) is 0. The summed E-state index contributed by atoms with van der Waals surface area (Å²) in [7, 11) is 0. The highest BCUT2D eigenvalue weighted by Crippen LogP contribution is 2.46. The lowest BCUT2D eigenvalue weighted by molar-refractivity contribution is 1.31. The van der Waals surface area contributed by atoms with Crippen LogP contribution in [0.4, 0.5) is 17.1 Å². The molecular weight excluding hydrogens is 631 g/mol. The second kappa shape index (κ2) is 11.5. The van der Waals surface area contributed by atoms with Crippen LogP contribution in [-0.2, 0) is 0 Å². The average molecular weight is 660 g/mol. The number of benzene rings is 8. The summed E-state index contributed by atoms with van der Waals surface area (Å²) >= 11 is 3.73. The summed E-state index contributed by atoms with van der Waals surface area (Å²) in [5, 5.41) is 7.75. The van der Waals surface area contributed by atoms with Crippen molar-refractivity contribution in [1.82, 2.24) is 0 Å². The Morgan fingerprint density at radius 1 is 0.327 bits per heavy atom. The van der Waals surface area contributed by atoms with Gasteiger partial charge >= 0.3 is 0 Å². The zero-order valence-electron chi connectivity index (χ0n) is 26.5. The molecule has 0 fully saturated rings. The van der Waals surface area contributed by atoms with Crippen LogP contribution < -0.4 is 4.90 Å². The van der Waals surface area contributed by atoms with E-state index in [-0.39, 0.29) is 0 Å². The van der Waals surface area contributed by atoms with Gasteiger partial charge in [0.1, 0.15) is 0 Å². The van der Waals surface area contributed by atoms with Crippen LogP contribution in [0.25, 0.3) is 73.4 Å². The molecule has 0 unspecified atom stereocenters. The van der Waals surface area contributed by atoms with E-state index in [1.807, 2.05) is 22.7 Å². The topological polar surface area (TPSA) is 3.24 Å². The molecular formula is C46H29NS2. The molecule has 0 aliphatic heterocycles. The zero-order chi connectivity index (χ0) is 32.3. The number of nitrogens with zero attached hydrogens (tertiary/aromatic N) is 1. The molecule has 3 heteroatoms. The molecule has 2 heterocycles. The summed E-state index contributed by atoms with van der Waals surface area (Å²) < 4.78 is 5.23. The normalized spacial score (nSPS) is 11.7. The summed E-state index contributed by atoms with van der Waals surface area (Å²) in [5.41, 5.74) is 8.36. The Balaban J connectivity index is 1.11. The van der Waals surface area contributed by atoms with Crippen molar-refractivity contribution in [3.63, 3.8) is 0 Å². The first-order valence-corrected chi connectivity index (χ1v) is 18.2. The van der Waals surface area contributed by atoms with E-state index in [0.717, 1.165) is 11.4 Å². The molecule has 0 spiro atoms. The molecule has 10 aromatic rings. The van der Waals surface area contributed by atoms with Crippen molar-refractivity contribution < 1.29 is 0 Å². The van der Waals surface area contributed by atoms with E-state index in [0.29, 0.717) is 0 Å². The Labute approximate surface area is 292 Å². The first-order chi connectivity index (χ1) is 24.3. The monoisotopic (exact) mass is 659 g/mol. The van der Waals surface area contributed by atoms with Crippen molar-refractivity contribution in [2.75, 3.05) is 4.90 Å². The summed E-state index contributed by atoms with van der Waals surface area (Å²) in [6, 6.07) is 64.5. The number of hydrogen-bond acceptors (Lipinski definition) is 3. The maximum absolute atomic E-state index is 2.45. The molecule has 0 N–H and O–H groups in total. The van der Waals surface area contributed by atoms with Gasteiger partial charge in [0.2, 0.25) is 0 Å². The van der Waals surface area contributed by atoms with Crippen LogP contribution in [0.3, 0.4) is 0 Å². The first-order valence-electron chi connectivity index (χ1n) is 16.6. The van der Waals surface area contributed by atoms with Crippen LogP contribution in [0.1, 0.15) is 0 Å². The van der Waals surface area contributed by atoms with Crippen molar-refractivity contribution in [2.24, 2.45) is 0 Å². The van der Waals surface area contributed by atoms with Gasteiger partial charge in [-0.05, 0) is 93.7 Å². The van der Waals surface area contributed by atoms with Gasteiger partial charge in [0.25, 0.3) is 0 Å². The van der Waals surface area contributed by atoms with Crippen molar-refractivity contribution in [2.45, 2.75) is 0 Å². The summed E-state index contributed by atoms with van der Waals surface area (Å²) in [6.07, 6.45) is 0. The van der Waals surface area contributed by atoms with E-state index >= 15 is 0 Å². The molecule has 2 aromatic heterocycles. The fourth-order valence-electron chi connectivity index (χ4n) is 7.27. The fourth-order valence-corrected chi connectivity index (χ4v) is 9.54. The van der Waals surface area contributed by atoms with Crippen molar-refractivity contribution >= 4 is 90.9 Å². The van der Waals surface area contributed by atoms with Crippen molar-refractivity contribution in [3.05, 3.63) is 176 Å². The third-order valence-corrected chi connectivity index (χ3v) is 11.9. The summed E-state index contributed by atoms with van der Waals surface area (Å²) in [4.78, 5) is 2.45. The van der Waals surface area contributed by atoms with Gasteiger partial charge < -0.3 is 4.90 Å². The Morgan fingerprint density at radius 3 is 1.78 bits per heavy atom. The number of thiophene rings is 2. The second-order valence-corrected chi connectivity index (χ2v) is 14.7. The molecule has 0 aliphatic rings. The lowest BCUT2D eigenvalue weighted by Gasteiger charge is -2.27. The zero-order valence-corrected chi connectivity index (χ0v) is 28.1. The number of anilines is 3. The molecule has 0 saturated carbocycles. The van der Waals surface area contributed by atoms with Crippen LogP contribution in [0, 0.1) is 0 Å². The van der Waals surface area contributed by atoms with E-state index in [2.05, 4.69) is 181 Å². The lowest BCUT2D eigenvalue weighted by Crippen LogP contribution is -2.10. The quantitative estimate of drug-likeness (QED) is 0.178. The minimum Gasteiger partial charge on any atom is -0.310 e. The van der Waals surface area contributed by atoms with Crippen LogP contribution in [0.2, 0.25) is 0 Å². The number of rotatable bonds is 5. The van der Waals surface area contributed by atoms with Crippen LogP contribution in [0.5, 0.6) is 0 Å². The van der Waals surface area contributed by atoms with Crippen LogP contribution >= 0.6 is 22.7 Å². The van der Waals surface area contributed by atoms with Gasteiger partial charge in [-0.25, -0.2) is 0 Å².